The first-order valence-corrected chi connectivity index (χ1v) is 9.28. The summed E-state index contributed by atoms with van der Waals surface area (Å²) in [6.07, 6.45) is 0. The lowest BCUT2D eigenvalue weighted by Crippen LogP contribution is -2.20. The minimum atomic E-state index is -0.556. The molecule has 10 nitrogen and oxygen atoms in total. The molecule has 4 aromatic rings. The molecule has 0 atom stereocenters. The third-order valence-electron chi connectivity index (χ3n) is 3.98. The smallest absolute Gasteiger partial charge is 0.310 e. The molecule has 4 rings (SSSR count). The Morgan fingerprint density at radius 3 is 2.69 bits per heavy atom. The topological polar surface area (TPSA) is 125 Å². The summed E-state index contributed by atoms with van der Waals surface area (Å²) in [4.78, 5) is 23.2. The number of fused-ring (bicyclic) bond motifs is 1. The minimum absolute atomic E-state index is 0.0431. The van der Waals surface area contributed by atoms with E-state index in [2.05, 4.69) is 20.6 Å². The van der Waals surface area contributed by atoms with Crippen LogP contribution in [0.15, 0.2) is 48.5 Å². The number of carbonyl (C=O) groups is 1. The van der Waals surface area contributed by atoms with Crippen molar-refractivity contribution in [2.24, 2.45) is 0 Å². The largest absolute Gasteiger partial charge is 0.477 e. The number of hydrogen-bond donors (Lipinski definition) is 1. The van der Waals surface area contributed by atoms with Crippen LogP contribution in [0.1, 0.15) is 5.82 Å². The van der Waals surface area contributed by atoms with Gasteiger partial charge in [0, 0.05) is 17.3 Å². The molecule has 0 unspecified atom stereocenters. The van der Waals surface area contributed by atoms with Crippen LogP contribution in [0.4, 0.5) is 11.4 Å². The van der Waals surface area contributed by atoms with Crippen LogP contribution in [0.3, 0.4) is 0 Å². The summed E-state index contributed by atoms with van der Waals surface area (Å²) in [5.41, 5.74) is 1.27. The van der Waals surface area contributed by atoms with Crippen molar-refractivity contribution >= 4 is 33.6 Å². The van der Waals surface area contributed by atoms with Gasteiger partial charge in [0.15, 0.2) is 18.2 Å². The number of nitrogens with zero attached hydrogens (tertiary/aromatic N) is 5. The Hall–Kier alpha value is -3.86. The molecule has 0 radical (unpaired) electrons. The number of para-hydroxylation sites is 2. The standard InChI is InChI=1S/C18H14N6O4S/c1-11-20-21-18-23(11)22-17(29-18)12-6-8-13(9-7-12)19-16(25)10-28-15-5-3-2-4-14(15)24(26)27/h2-9H,10H2,1H3,(H,19,25). The van der Waals surface area contributed by atoms with Crippen molar-refractivity contribution in [3.05, 3.63) is 64.5 Å². The predicted molar refractivity (Wildman–Crippen MR) is 106 cm³/mol. The quantitative estimate of drug-likeness (QED) is 0.382. The highest BCUT2D eigenvalue weighted by molar-refractivity contribution is 7.19. The van der Waals surface area contributed by atoms with Gasteiger partial charge in [-0.15, -0.1) is 10.2 Å². The van der Waals surface area contributed by atoms with Gasteiger partial charge in [0.1, 0.15) is 5.01 Å². The fourth-order valence-corrected chi connectivity index (χ4v) is 3.49. The Labute approximate surface area is 167 Å². The zero-order valence-corrected chi connectivity index (χ0v) is 15.9. The molecular weight excluding hydrogens is 396 g/mol. The first-order valence-electron chi connectivity index (χ1n) is 8.46. The van der Waals surface area contributed by atoms with E-state index in [1.165, 1.54) is 29.5 Å². The summed E-state index contributed by atoms with van der Waals surface area (Å²) >= 11 is 1.42. The molecule has 0 spiro atoms. The Morgan fingerprint density at radius 2 is 1.97 bits per heavy atom. The third kappa shape index (κ3) is 3.89. The molecule has 29 heavy (non-hydrogen) atoms. The van der Waals surface area contributed by atoms with Crippen LogP contribution in [-0.4, -0.2) is 37.2 Å². The molecule has 11 heteroatoms. The summed E-state index contributed by atoms with van der Waals surface area (Å²) in [5, 5.41) is 26.9. The van der Waals surface area contributed by atoms with Gasteiger partial charge in [-0.05, 0) is 37.3 Å². The Kier molecular flexibility index (Phi) is 4.87. The molecule has 2 aromatic heterocycles. The van der Waals surface area contributed by atoms with E-state index in [9.17, 15) is 14.9 Å². The molecule has 0 fully saturated rings. The molecule has 0 aliphatic carbocycles. The average Bonchev–Trinajstić information content (AvgIpc) is 3.29. The number of ether oxygens (including phenoxy) is 1. The van der Waals surface area contributed by atoms with Crippen LogP contribution in [0, 0.1) is 17.0 Å². The number of aromatic nitrogens is 4. The zero-order chi connectivity index (χ0) is 20.4. The lowest BCUT2D eigenvalue weighted by Gasteiger charge is -2.08. The molecule has 0 saturated heterocycles. The number of rotatable bonds is 6. The number of carbonyl (C=O) groups excluding carboxylic acids is 1. The normalized spacial score (nSPS) is 10.8. The second kappa shape index (κ2) is 7.64. The number of aryl methyl sites for hydroxylation is 1. The number of amides is 1. The number of nitrogens with one attached hydrogen (secondary N) is 1. The number of benzene rings is 2. The first kappa shape index (κ1) is 18.5. The van der Waals surface area contributed by atoms with Crippen LogP contribution in [0.25, 0.3) is 15.5 Å². The highest BCUT2D eigenvalue weighted by Crippen LogP contribution is 2.27. The molecule has 0 aliphatic heterocycles. The van der Waals surface area contributed by atoms with Crippen molar-refractivity contribution in [2.45, 2.75) is 6.92 Å². The summed E-state index contributed by atoms with van der Waals surface area (Å²) in [6, 6.07) is 13.1. The van der Waals surface area contributed by atoms with E-state index in [0.717, 1.165) is 10.6 Å². The molecular formula is C18H14N6O4S. The van der Waals surface area contributed by atoms with Crippen molar-refractivity contribution in [3.63, 3.8) is 0 Å². The second-order valence-electron chi connectivity index (χ2n) is 5.99. The lowest BCUT2D eigenvalue weighted by molar-refractivity contribution is -0.385. The van der Waals surface area contributed by atoms with Gasteiger partial charge in [-0.3, -0.25) is 14.9 Å². The summed E-state index contributed by atoms with van der Waals surface area (Å²) < 4.78 is 6.96. The SMILES string of the molecule is Cc1nnc2sc(-c3ccc(NC(=O)COc4ccccc4[N+](=O)[O-])cc3)nn12. The van der Waals surface area contributed by atoms with Crippen molar-refractivity contribution in [1.29, 1.82) is 0 Å². The maximum absolute atomic E-state index is 12.1. The van der Waals surface area contributed by atoms with Crippen LogP contribution >= 0.6 is 11.3 Å². The van der Waals surface area contributed by atoms with Crippen LogP contribution in [0.5, 0.6) is 5.75 Å². The third-order valence-corrected chi connectivity index (χ3v) is 4.93. The number of nitro groups is 1. The first-order chi connectivity index (χ1) is 14.0. The monoisotopic (exact) mass is 410 g/mol. The maximum Gasteiger partial charge on any atom is 0.310 e. The van der Waals surface area contributed by atoms with Crippen molar-refractivity contribution in [2.75, 3.05) is 11.9 Å². The predicted octanol–water partition coefficient (Wildman–Crippen LogP) is 3.09. The molecule has 0 bridgehead atoms. The molecule has 1 amide bonds. The van der Waals surface area contributed by atoms with Gasteiger partial charge in [-0.25, -0.2) is 0 Å². The van der Waals surface area contributed by atoms with E-state index >= 15 is 0 Å². The second-order valence-corrected chi connectivity index (χ2v) is 6.94. The molecule has 2 heterocycles. The molecule has 146 valence electrons. The average molecular weight is 410 g/mol. The Balaban J connectivity index is 1.39. The van der Waals surface area contributed by atoms with E-state index in [1.54, 1.807) is 22.7 Å². The maximum atomic E-state index is 12.1. The number of nitro benzene ring substituents is 1. The van der Waals surface area contributed by atoms with Gasteiger partial charge in [0.05, 0.1) is 4.92 Å². The lowest BCUT2D eigenvalue weighted by atomic mass is 10.2. The Morgan fingerprint density at radius 1 is 1.21 bits per heavy atom. The van der Waals surface area contributed by atoms with E-state index < -0.39 is 10.8 Å². The molecule has 1 N–H and O–H groups in total. The number of anilines is 1. The van der Waals surface area contributed by atoms with Gasteiger partial charge >= 0.3 is 5.69 Å². The van der Waals surface area contributed by atoms with Gasteiger partial charge in [0.2, 0.25) is 4.96 Å². The van der Waals surface area contributed by atoms with Gasteiger partial charge in [0.25, 0.3) is 5.91 Å². The van der Waals surface area contributed by atoms with Crippen molar-refractivity contribution in [1.82, 2.24) is 19.8 Å². The summed E-state index contributed by atoms with van der Waals surface area (Å²) in [6.45, 7) is 1.48. The minimum Gasteiger partial charge on any atom is -0.477 e. The van der Waals surface area contributed by atoms with E-state index in [0.29, 0.717) is 16.5 Å². The van der Waals surface area contributed by atoms with E-state index in [4.69, 9.17) is 4.74 Å². The highest BCUT2D eigenvalue weighted by Gasteiger charge is 2.15. The highest BCUT2D eigenvalue weighted by atomic mass is 32.1. The van der Waals surface area contributed by atoms with Crippen LogP contribution < -0.4 is 10.1 Å². The van der Waals surface area contributed by atoms with Crippen LogP contribution in [-0.2, 0) is 4.79 Å². The van der Waals surface area contributed by atoms with E-state index in [1.807, 2.05) is 19.1 Å². The van der Waals surface area contributed by atoms with Crippen molar-refractivity contribution in [3.8, 4) is 16.3 Å². The fraction of sp³-hybridized carbons (Fsp3) is 0.111. The number of hydrogen-bond acceptors (Lipinski definition) is 8. The Bertz CT molecular complexity index is 1200. The summed E-state index contributed by atoms with van der Waals surface area (Å²) in [5.74, 6) is 0.330. The van der Waals surface area contributed by atoms with Gasteiger partial charge in [-0.1, -0.05) is 23.5 Å². The van der Waals surface area contributed by atoms with Gasteiger partial charge < -0.3 is 10.1 Å². The molecule has 0 saturated carbocycles. The fourth-order valence-electron chi connectivity index (χ4n) is 2.60. The van der Waals surface area contributed by atoms with Crippen molar-refractivity contribution < 1.29 is 14.5 Å². The van der Waals surface area contributed by atoms with Gasteiger partial charge in [-0.2, -0.15) is 9.61 Å². The van der Waals surface area contributed by atoms with E-state index in [-0.39, 0.29) is 18.0 Å². The van der Waals surface area contributed by atoms with Crippen LogP contribution in [0.2, 0.25) is 0 Å². The summed E-state index contributed by atoms with van der Waals surface area (Å²) in [7, 11) is 0. The molecule has 2 aromatic carbocycles. The zero-order valence-electron chi connectivity index (χ0n) is 15.1. The molecule has 0 aliphatic rings.